The maximum atomic E-state index is 14.0. The van der Waals surface area contributed by atoms with Crippen molar-refractivity contribution in [1.82, 2.24) is 9.88 Å². The molecule has 36 heavy (non-hydrogen) atoms. The smallest absolute Gasteiger partial charge is 0.275 e. The molecule has 186 valence electrons. The van der Waals surface area contributed by atoms with Gasteiger partial charge in [-0.25, -0.2) is 0 Å². The van der Waals surface area contributed by atoms with Crippen LogP contribution in [0.25, 0.3) is 10.2 Å². The molecule has 1 aliphatic rings. The number of hydrogen-bond acceptors (Lipinski definition) is 6. The Morgan fingerprint density at radius 2 is 1.75 bits per heavy atom. The molecule has 0 unspecified atom stereocenters. The summed E-state index contributed by atoms with van der Waals surface area (Å²) in [6.45, 7) is 2.33. The lowest BCUT2D eigenvalue weighted by Gasteiger charge is -2.44. The first-order valence-electron chi connectivity index (χ1n) is 11.4. The zero-order chi connectivity index (χ0) is 25.4. The van der Waals surface area contributed by atoms with Crippen molar-refractivity contribution < 1.29 is 23.8 Å². The number of methoxy groups -OCH3 is 3. The third-order valence-corrected chi connectivity index (χ3v) is 7.55. The SMILES string of the molecule is COc1cc(OC)cc(N2C(=O)c3cc4ccsc4n3C[C@@]2(C)C(=O)NCc2ccccc2OC)c1. The molecule has 2 aromatic carbocycles. The van der Waals surface area contributed by atoms with Gasteiger partial charge in [0.25, 0.3) is 5.91 Å². The largest absolute Gasteiger partial charge is 0.497 e. The third kappa shape index (κ3) is 3.85. The molecule has 1 N–H and O–H groups in total. The standard InChI is InChI=1S/C27H27N3O5S/c1-27(26(32)28-15-18-7-5-6-8-23(18)35-4)16-29-22(11-17-9-10-36-25(17)29)24(31)30(27)19-12-20(33-2)14-21(13-19)34-3/h5-14H,15-16H2,1-4H3,(H,28,32)/t27-/m0/s1. The van der Waals surface area contributed by atoms with Gasteiger partial charge in [0.15, 0.2) is 0 Å². The quantitative estimate of drug-likeness (QED) is 0.401. The minimum Gasteiger partial charge on any atom is -0.497 e. The summed E-state index contributed by atoms with van der Waals surface area (Å²) in [5.41, 5.74) is 0.658. The number of thiophene rings is 1. The molecular weight excluding hydrogens is 478 g/mol. The number of anilines is 1. The van der Waals surface area contributed by atoms with Gasteiger partial charge in [-0.1, -0.05) is 18.2 Å². The van der Waals surface area contributed by atoms with E-state index in [1.807, 2.05) is 46.3 Å². The van der Waals surface area contributed by atoms with E-state index in [1.54, 1.807) is 62.7 Å². The van der Waals surface area contributed by atoms with Crippen LogP contribution in [0.4, 0.5) is 5.69 Å². The number of carbonyl (C=O) groups is 2. The Kier molecular flexibility index (Phi) is 6.09. The van der Waals surface area contributed by atoms with Crippen molar-refractivity contribution in [2.24, 2.45) is 0 Å². The average Bonchev–Trinajstić information content (AvgIpc) is 3.49. The number of benzene rings is 2. The number of hydrogen-bond donors (Lipinski definition) is 1. The van der Waals surface area contributed by atoms with Crippen LogP contribution in [0.2, 0.25) is 0 Å². The van der Waals surface area contributed by atoms with Crippen LogP contribution in [0, 0.1) is 0 Å². The predicted octanol–water partition coefficient (Wildman–Crippen LogP) is 4.46. The lowest BCUT2D eigenvalue weighted by Crippen LogP contribution is -2.64. The molecule has 0 bridgehead atoms. The highest BCUT2D eigenvalue weighted by Crippen LogP contribution is 2.39. The third-order valence-electron chi connectivity index (χ3n) is 6.60. The molecule has 0 fully saturated rings. The lowest BCUT2D eigenvalue weighted by atomic mass is 9.93. The Morgan fingerprint density at radius 3 is 2.44 bits per heavy atom. The van der Waals surface area contributed by atoms with Crippen LogP contribution in [0.5, 0.6) is 17.2 Å². The van der Waals surface area contributed by atoms with Crippen LogP contribution in [0.3, 0.4) is 0 Å². The molecule has 3 heterocycles. The molecule has 9 heteroatoms. The van der Waals surface area contributed by atoms with Crippen molar-refractivity contribution >= 4 is 39.1 Å². The van der Waals surface area contributed by atoms with Gasteiger partial charge < -0.3 is 24.1 Å². The van der Waals surface area contributed by atoms with E-state index in [-0.39, 0.29) is 24.9 Å². The number of rotatable bonds is 7. The monoisotopic (exact) mass is 505 g/mol. The van der Waals surface area contributed by atoms with Crippen LogP contribution in [0.1, 0.15) is 23.0 Å². The highest BCUT2D eigenvalue weighted by molar-refractivity contribution is 7.16. The maximum Gasteiger partial charge on any atom is 0.275 e. The van der Waals surface area contributed by atoms with Crippen LogP contribution >= 0.6 is 11.3 Å². The molecule has 1 aliphatic heterocycles. The van der Waals surface area contributed by atoms with Crippen molar-refractivity contribution in [3.05, 3.63) is 71.2 Å². The topological polar surface area (TPSA) is 82.0 Å². The van der Waals surface area contributed by atoms with E-state index in [2.05, 4.69) is 5.32 Å². The van der Waals surface area contributed by atoms with Crippen molar-refractivity contribution in [2.75, 3.05) is 26.2 Å². The fourth-order valence-electron chi connectivity index (χ4n) is 4.74. The summed E-state index contributed by atoms with van der Waals surface area (Å²) >= 11 is 1.55. The van der Waals surface area contributed by atoms with E-state index in [1.165, 1.54) is 0 Å². The minimum atomic E-state index is -1.24. The average molecular weight is 506 g/mol. The predicted molar refractivity (Wildman–Crippen MR) is 139 cm³/mol. The van der Waals surface area contributed by atoms with Crippen molar-refractivity contribution in [3.8, 4) is 17.2 Å². The Hall–Kier alpha value is -3.98. The number of amides is 2. The fraction of sp³-hybridized carbons (Fsp3) is 0.259. The van der Waals surface area contributed by atoms with Gasteiger partial charge in [0.05, 0.1) is 33.6 Å². The number of para-hydroxylation sites is 1. The summed E-state index contributed by atoms with van der Waals surface area (Å²) in [5.74, 6) is 1.18. The Bertz CT molecular complexity index is 1440. The van der Waals surface area contributed by atoms with E-state index >= 15 is 0 Å². The molecule has 8 nitrogen and oxygen atoms in total. The van der Waals surface area contributed by atoms with Crippen LogP contribution in [-0.2, 0) is 17.9 Å². The number of ether oxygens (including phenoxy) is 3. The van der Waals surface area contributed by atoms with Gasteiger partial charge in [0.2, 0.25) is 5.91 Å². The first kappa shape index (κ1) is 23.7. The number of aromatic nitrogens is 1. The van der Waals surface area contributed by atoms with E-state index in [9.17, 15) is 9.59 Å². The van der Waals surface area contributed by atoms with Crippen LogP contribution < -0.4 is 24.4 Å². The highest BCUT2D eigenvalue weighted by atomic mass is 32.1. The number of nitrogens with zero attached hydrogens (tertiary/aromatic N) is 2. The van der Waals surface area contributed by atoms with Gasteiger partial charge in [-0.15, -0.1) is 11.3 Å². The number of nitrogens with one attached hydrogen (secondary N) is 1. The van der Waals surface area contributed by atoms with E-state index in [0.29, 0.717) is 28.6 Å². The first-order chi connectivity index (χ1) is 17.4. The summed E-state index contributed by atoms with van der Waals surface area (Å²) in [6.07, 6.45) is 0. The highest BCUT2D eigenvalue weighted by Gasteiger charge is 2.49. The molecule has 2 aromatic heterocycles. The van der Waals surface area contributed by atoms with Gasteiger partial charge in [0.1, 0.15) is 33.3 Å². The van der Waals surface area contributed by atoms with Crippen molar-refractivity contribution in [1.29, 1.82) is 0 Å². The van der Waals surface area contributed by atoms with Gasteiger partial charge >= 0.3 is 0 Å². The normalized spacial score (nSPS) is 17.1. The Balaban J connectivity index is 1.59. The first-order valence-corrected chi connectivity index (χ1v) is 12.3. The van der Waals surface area contributed by atoms with Gasteiger partial charge in [-0.3, -0.25) is 14.5 Å². The van der Waals surface area contributed by atoms with Gasteiger partial charge in [-0.05, 0) is 30.5 Å². The molecular formula is C27H27N3O5S. The number of fused-ring (bicyclic) bond motifs is 3. The zero-order valence-corrected chi connectivity index (χ0v) is 21.3. The van der Waals surface area contributed by atoms with Crippen LogP contribution in [-0.4, -0.2) is 43.2 Å². The van der Waals surface area contributed by atoms with Crippen molar-refractivity contribution in [2.45, 2.75) is 25.6 Å². The lowest BCUT2D eigenvalue weighted by molar-refractivity contribution is -0.126. The summed E-state index contributed by atoms with van der Waals surface area (Å²) in [7, 11) is 4.70. The molecule has 0 aliphatic carbocycles. The van der Waals surface area contributed by atoms with E-state index < -0.39 is 5.54 Å². The summed E-state index contributed by atoms with van der Waals surface area (Å²) in [5, 5.41) is 6.00. The molecule has 2 amide bonds. The Morgan fingerprint density at radius 1 is 1.03 bits per heavy atom. The van der Waals surface area contributed by atoms with Gasteiger partial charge in [-0.2, -0.15) is 0 Å². The maximum absolute atomic E-state index is 14.0. The molecule has 5 rings (SSSR count). The molecule has 0 spiro atoms. The van der Waals surface area contributed by atoms with E-state index in [4.69, 9.17) is 14.2 Å². The second kappa shape index (κ2) is 9.23. The Labute approximate surface area is 213 Å². The second-order valence-electron chi connectivity index (χ2n) is 8.78. The summed E-state index contributed by atoms with van der Waals surface area (Å²) in [4.78, 5) is 30.4. The number of carbonyl (C=O) groups excluding carboxylic acids is 2. The zero-order valence-electron chi connectivity index (χ0n) is 20.5. The molecule has 1 atom stereocenters. The van der Waals surface area contributed by atoms with E-state index in [0.717, 1.165) is 15.8 Å². The molecule has 4 aromatic rings. The second-order valence-corrected chi connectivity index (χ2v) is 9.67. The van der Waals surface area contributed by atoms with Gasteiger partial charge in [0, 0.05) is 35.7 Å². The molecule has 0 saturated heterocycles. The minimum absolute atomic E-state index is 0.259. The summed E-state index contributed by atoms with van der Waals surface area (Å²) in [6, 6.07) is 16.6. The van der Waals surface area contributed by atoms with Crippen LogP contribution in [0.15, 0.2) is 60.0 Å². The molecule has 0 saturated carbocycles. The molecule has 0 radical (unpaired) electrons. The fourth-order valence-corrected chi connectivity index (χ4v) is 5.64. The van der Waals surface area contributed by atoms with Crippen molar-refractivity contribution in [3.63, 3.8) is 0 Å². The summed E-state index contributed by atoms with van der Waals surface area (Å²) < 4.78 is 18.3.